The molecule has 1 amide bonds. The summed E-state index contributed by atoms with van der Waals surface area (Å²) in [5, 5.41) is 20.5. The molecule has 3 aromatic carbocycles. The van der Waals surface area contributed by atoms with Crippen LogP contribution < -0.4 is 15.4 Å². The van der Waals surface area contributed by atoms with Crippen molar-refractivity contribution in [2.24, 2.45) is 0 Å². The highest BCUT2D eigenvalue weighted by Crippen LogP contribution is 2.42. The lowest BCUT2D eigenvalue weighted by atomic mass is 9.96. The van der Waals surface area contributed by atoms with Crippen LogP contribution in [0.1, 0.15) is 41.1 Å². The number of aromatic nitrogens is 2. The second-order valence-corrected chi connectivity index (χ2v) is 11.3. The summed E-state index contributed by atoms with van der Waals surface area (Å²) in [7, 11) is 1.50. The Morgan fingerprint density at radius 1 is 1.07 bits per heavy atom. The highest BCUT2D eigenvalue weighted by molar-refractivity contribution is 7.80. The predicted octanol–water partition coefficient (Wildman–Crippen LogP) is 6.56. The Bertz CT molecular complexity index is 1920. The minimum absolute atomic E-state index is 0.0493. The topological polar surface area (TPSA) is 115 Å². The third kappa shape index (κ3) is 5.69. The zero-order chi connectivity index (χ0) is 31.7. The van der Waals surface area contributed by atoms with Gasteiger partial charge in [0, 0.05) is 47.7 Å². The van der Waals surface area contributed by atoms with Gasteiger partial charge in [0.05, 0.1) is 41.6 Å². The Balaban J connectivity index is 1.34. The van der Waals surface area contributed by atoms with Crippen LogP contribution in [0.5, 0.6) is 5.75 Å². The van der Waals surface area contributed by atoms with E-state index in [1.807, 2.05) is 79.1 Å². The average molecular weight is 621 g/mol. The first kappa shape index (κ1) is 29.8. The number of amides is 1. The summed E-state index contributed by atoms with van der Waals surface area (Å²) in [5.41, 5.74) is 5.06. The van der Waals surface area contributed by atoms with Crippen LogP contribution in [-0.2, 0) is 4.79 Å². The molecule has 1 aliphatic heterocycles. The van der Waals surface area contributed by atoms with Crippen molar-refractivity contribution in [3.8, 4) is 11.4 Å². The molecule has 11 heteroatoms. The number of nitro groups is 1. The van der Waals surface area contributed by atoms with Gasteiger partial charge < -0.3 is 24.8 Å². The van der Waals surface area contributed by atoms with Gasteiger partial charge in [-0.1, -0.05) is 42.5 Å². The van der Waals surface area contributed by atoms with Crippen LogP contribution in [0.25, 0.3) is 16.5 Å². The Kier molecular flexibility index (Phi) is 8.18. The molecule has 228 valence electrons. The molecule has 2 N–H and O–H groups in total. The lowest BCUT2D eigenvalue weighted by Gasteiger charge is -2.28. The third-order valence-electron chi connectivity index (χ3n) is 8.25. The molecule has 45 heavy (non-hydrogen) atoms. The number of nitro benzene ring substituents is 1. The first-order valence-corrected chi connectivity index (χ1v) is 14.9. The molecule has 0 radical (unpaired) electrons. The quantitative estimate of drug-likeness (QED) is 0.108. The normalized spacial score (nSPS) is 16.1. The summed E-state index contributed by atoms with van der Waals surface area (Å²) in [6, 6.07) is 25.7. The maximum absolute atomic E-state index is 13.3. The number of benzene rings is 3. The van der Waals surface area contributed by atoms with Crippen LogP contribution in [0.15, 0.2) is 91.1 Å². The van der Waals surface area contributed by atoms with Crippen molar-refractivity contribution >= 4 is 45.4 Å². The van der Waals surface area contributed by atoms with E-state index in [0.717, 1.165) is 39.1 Å². The fourth-order valence-corrected chi connectivity index (χ4v) is 6.51. The van der Waals surface area contributed by atoms with E-state index in [1.54, 1.807) is 12.3 Å². The number of aryl methyl sites for hydroxylation is 1. The molecule has 2 atom stereocenters. The number of hydrogen-bond donors (Lipinski definition) is 2. The summed E-state index contributed by atoms with van der Waals surface area (Å²) >= 11 is 5.86. The number of non-ortho nitro benzene ring substituents is 1. The zero-order valence-corrected chi connectivity index (χ0v) is 25.9. The van der Waals surface area contributed by atoms with Crippen molar-refractivity contribution in [3.63, 3.8) is 0 Å². The summed E-state index contributed by atoms with van der Waals surface area (Å²) in [4.78, 5) is 31.0. The van der Waals surface area contributed by atoms with Gasteiger partial charge in [0.1, 0.15) is 5.75 Å². The summed E-state index contributed by atoms with van der Waals surface area (Å²) < 4.78 is 7.61. The SMILES string of the molecule is COc1cc([N+](=O)[O-])ccc1-n1c(C)cc([C@H]2[C@@H](c3ccccn3)NC(=S)N2CCC(=O)Nc2cccc3ccccc23)c1C. The van der Waals surface area contributed by atoms with Crippen molar-refractivity contribution in [3.05, 3.63) is 124 Å². The molecule has 0 bridgehead atoms. The lowest BCUT2D eigenvalue weighted by Crippen LogP contribution is -2.33. The van der Waals surface area contributed by atoms with Crippen LogP contribution in [0, 0.1) is 24.0 Å². The van der Waals surface area contributed by atoms with Gasteiger partial charge in [-0.2, -0.15) is 0 Å². The number of nitrogens with zero attached hydrogens (tertiary/aromatic N) is 4. The molecule has 0 unspecified atom stereocenters. The second kappa shape index (κ2) is 12.4. The van der Waals surface area contributed by atoms with Gasteiger partial charge in [-0.15, -0.1) is 0 Å². The van der Waals surface area contributed by atoms with Gasteiger partial charge in [-0.25, -0.2) is 0 Å². The number of carbonyl (C=O) groups is 1. The Morgan fingerprint density at radius 2 is 1.84 bits per heavy atom. The van der Waals surface area contributed by atoms with Gasteiger partial charge in [0.25, 0.3) is 5.69 Å². The van der Waals surface area contributed by atoms with E-state index < -0.39 is 4.92 Å². The van der Waals surface area contributed by atoms with Crippen molar-refractivity contribution in [1.29, 1.82) is 0 Å². The lowest BCUT2D eigenvalue weighted by molar-refractivity contribution is -0.384. The number of hydrogen-bond acceptors (Lipinski definition) is 6. The van der Waals surface area contributed by atoms with Crippen molar-refractivity contribution in [2.45, 2.75) is 32.4 Å². The maximum Gasteiger partial charge on any atom is 0.273 e. The first-order valence-electron chi connectivity index (χ1n) is 14.5. The molecule has 1 saturated heterocycles. The van der Waals surface area contributed by atoms with Crippen LogP contribution in [0.3, 0.4) is 0 Å². The molecular formula is C34H32N6O4S. The summed E-state index contributed by atoms with van der Waals surface area (Å²) in [5.74, 6) is 0.274. The van der Waals surface area contributed by atoms with Crippen LogP contribution in [-0.4, -0.2) is 44.0 Å². The highest BCUT2D eigenvalue weighted by atomic mass is 32.1. The third-order valence-corrected chi connectivity index (χ3v) is 8.60. The Hall–Kier alpha value is -5.29. The smallest absolute Gasteiger partial charge is 0.273 e. The fraction of sp³-hybridized carbons (Fsp3) is 0.206. The monoisotopic (exact) mass is 620 g/mol. The molecule has 2 aromatic heterocycles. The molecule has 3 heterocycles. The Labute approximate surface area is 265 Å². The maximum atomic E-state index is 13.3. The largest absolute Gasteiger partial charge is 0.494 e. The molecular weight excluding hydrogens is 588 g/mol. The number of methoxy groups -OCH3 is 1. The molecule has 1 aliphatic rings. The predicted molar refractivity (Wildman–Crippen MR) is 178 cm³/mol. The van der Waals surface area contributed by atoms with Gasteiger partial charge in [0.2, 0.25) is 5.91 Å². The molecule has 6 rings (SSSR count). The number of fused-ring (bicyclic) bond motifs is 1. The van der Waals surface area contributed by atoms with E-state index in [9.17, 15) is 14.9 Å². The molecule has 5 aromatic rings. The number of anilines is 1. The van der Waals surface area contributed by atoms with E-state index in [-0.39, 0.29) is 30.1 Å². The van der Waals surface area contributed by atoms with Gasteiger partial charge in [-0.3, -0.25) is 19.9 Å². The number of ether oxygens (including phenoxy) is 1. The van der Waals surface area contributed by atoms with Crippen LogP contribution in [0.4, 0.5) is 11.4 Å². The molecule has 1 fully saturated rings. The van der Waals surface area contributed by atoms with Gasteiger partial charge in [0.15, 0.2) is 5.11 Å². The first-order chi connectivity index (χ1) is 21.8. The zero-order valence-electron chi connectivity index (χ0n) is 25.1. The van der Waals surface area contributed by atoms with E-state index in [1.165, 1.54) is 19.2 Å². The fourth-order valence-electron chi connectivity index (χ4n) is 6.18. The number of pyridine rings is 1. The van der Waals surface area contributed by atoms with Crippen LogP contribution >= 0.6 is 12.2 Å². The summed E-state index contributed by atoms with van der Waals surface area (Å²) in [6.07, 6.45) is 1.97. The minimum atomic E-state index is -0.440. The number of rotatable bonds is 9. The molecule has 10 nitrogen and oxygen atoms in total. The van der Waals surface area contributed by atoms with Crippen molar-refractivity contribution in [2.75, 3.05) is 19.0 Å². The van der Waals surface area contributed by atoms with E-state index in [0.29, 0.717) is 23.1 Å². The molecule has 0 aliphatic carbocycles. The standard InChI is InChI=1S/C34H32N6O4S/c1-21-19-26(22(2)39(21)29-15-14-24(40(42)43)20-30(29)44-3)33-32(28-12-6-7-17-35-28)37-34(45)38(33)18-16-31(41)36-27-13-8-10-23-9-4-5-11-25(23)27/h4-15,17,19-20,32-33H,16,18H2,1-3H3,(H,36,41)(H,37,45)/t32-,33+/m1/s1. The van der Waals surface area contributed by atoms with E-state index >= 15 is 0 Å². The minimum Gasteiger partial charge on any atom is -0.494 e. The van der Waals surface area contributed by atoms with Crippen LogP contribution in [0.2, 0.25) is 0 Å². The molecule has 0 spiro atoms. The van der Waals surface area contributed by atoms with Gasteiger partial charge in [-0.05, 0) is 67.3 Å². The molecule has 0 saturated carbocycles. The highest BCUT2D eigenvalue weighted by Gasteiger charge is 2.41. The number of carbonyl (C=O) groups excluding carboxylic acids is 1. The number of thiocarbonyl (C=S) groups is 1. The van der Waals surface area contributed by atoms with Crippen molar-refractivity contribution in [1.82, 2.24) is 19.8 Å². The average Bonchev–Trinajstić information content (AvgIpc) is 3.53. The number of nitrogens with one attached hydrogen (secondary N) is 2. The second-order valence-electron chi connectivity index (χ2n) is 10.9. The van der Waals surface area contributed by atoms with E-state index in [2.05, 4.69) is 26.6 Å². The van der Waals surface area contributed by atoms with Gasteiger partial charge >= 0.3 is 0 Å². The van der Waals surface area contributed by atoms with E-state index in [4.69, 9.17) is 17.0 Å². The van der Waals surface area contributed by atoms with Crippen molar-refractivity contribution < 1.29 is 14.5 Å². The Morgan fingerprint density at radius 3 is 2.60 bits per heavy atom. The summed E-state index contributed by atoms with van der Waals surface area (Å²) in [6.45, 7) is 4.36.